The molecule has 21 nitrogen and oxygen atoms in total. The van der Waals surface area contributed by atoms with Crippen molar-refractivity contribution in [3.63, 3.8) is 0 Å². The van der Waals surface area contributed by atoms with Crippen LogP contribution in [0.4, 0.5) is 11.4 Å². The molecule has 0 fully saturated rings. The summed E-state index contributed by atoms with van der Waals surface area (Å²) in [5.74, 6) is -0.228. The van der Waals surface area contributed by atoms with Gasteiger partial charge < -0.3 is 43.1 Å². The summed E-state index contributed by atoms with van der Waals surface area (Å²) in [5.41, 5.74) is 10.4. The second-order valence-corrected chi connectivity index (χ2v) is 18.6. The molecule has 0 spiro atoms. The summed E-state index contributed by atoms with van der Waals surface area (Å²) < 4.78 is 35.4. The van der Waals surface area contributed by atoms with Gasteiger partial charge in [-0.2, -0.15) is 0 Å². The number of carbonyl (C=O) groups excluding carboxylic acids is 4. The van der Waals surface area contributed by atoms with E-state index in [1.165, 1.54) is 0 Å². The zero-order valence-corrected chi connectivity index (χ0v) is 44.1. The lowest BCUT2D eigenvalue weighted by molar-refractivity contribution is -0.121. The number of carbonyl (C=O) groups is 4. The highest BCUT2D eigenvalue weighted by molar-refractivity contribution is 6.09. The fourth-order valence-electron chi connectivity index (χ4n) is 8.49. The minimum absolute atomic E-state index is 0.116. The van der Waals surface area contributed by atoms with E-state index in [1.807, 2.05) is 122 Å². The lowest BCUT2D eigenvalue weighted by Gasteiger charge is -2.07. The number of Topliss-reactive ketones (excluding diaryl/α,β-unsaturated/α-hetero) is 2. The maximum absolute atomic E-state index is 13.0. The van der Waals surface area contributed by atoms with E-state index in [0.29, 0.717) is 163 Å². The Morgan fingerprint density at radius 1 is 0.468 bits per heavy atom. The highest BCUT2D eigenvalue weighted by Gasteiger charge is 2.17. The standard InChI is InChI=1S/C56H66N12O9/c1-39-35-41(3)67-21-17-49(53(67)57-39)55(71)59-45-13-9-43(10-14-45)51-37-65(63-61-51)23-29-76-33-31-74-27-19-47(69)7-5-25-73-26-6-8-48(70)20-28-75-32-34-77-30-24-66-38-52(62-64-66)44-11-15-46(16-12-44)60-56(72)50-18-22-68-42(4)36-40(2)58-54(50)68/h9-18,21-22,35-38H,5-8,19-20,23-34H2,1-4H3,(H,59,71)(H,60,72). The summed E-state index contributed by atoms with van der Waals surface area (Å²) in [6.45, 7) is 12.8. The Morgan fingerprint density at radius 2 is 0.857 bits per heavy atom. The fraction of sp³-hybridized carbons (Fsp3) is 0.393. The number of nitrogens with zero attached hydrogens (tertiary/aromatic N) is 10. The summed E-state index contributed by atoms with van der Waals surface area (Å²) in [6.07, 6.45) is 10.1. The SMILES string of the molecule is Cc1cc(C)n2ccc(C(=O)Nc3ccc(-c4cn(CCOCCOCCC(=O)CCCOCCCC(=O)CCOCCOCCn5cc(-c6ccc(NC(=O)c7ccn8c(C)cc(C)nc78)cc6)nn5)nn4)cc3)c2n1. The minimum Gasteiger partial charge on any atom is -0.381 e. The third-order valence-electron chi connectivity index (χ3n) is 12.5. The third kappa shape index (κ3) is 16.1. The van der Waals surface area contributed by atoms with Crippen molar-refractivity contribution in [1.82, 2.24) is 48.8 Å². The van der Waals surface area contributed by atoms with Crippen molar-refractivity contribution in [3.05, 3.63) is 131 Å². The van der Waals surface area contributed by atoms with Gasteiger partial charge >= 0.3 is 0 Å². The molecule has 2 amide bonds. The summed E-state index contributed by atoms with van der Waals surface area (Å²) in [5, 5.41) is 22.9. The zero-order chi connectivity index (χ0) is 53.9. The van der Waals surface area contributed by atoms with Crippen LogP contribution in [0.2, 0.25) is 0 Å². The zero-order valence-electron chi connectivity index (χ0n) is 44.1. The summed E-state index contributed by atoms with van der Waals surface area (Å²) in [6, 6.07) is 22.4. The smallest absolute Gasteiger partial charge is 0.259 e. The van der Waals surface area contributed by atoms with Gasteiger partial charge in [0.1, 0.15) is 34.2 Å². The van der Waals surface area contributed by atoms with Crippen molar-refractivity contribution in [1.29, 1.82) is 0 Å². The molecule has 8 aromatic rings. The topological polar surface area (TPSA) is 235 Å². The normalized spacial score (nSPS) is 11.5. The number of benzene rings is 2. The molecule has 6 aromatic heterocycles. The predicted molar refractivity (Wildman–Crippen MR) is 288 cm³/mol. The maximum Gasteiger partial charge on any atom is 0.259 e. The van der Waals surface area contributed by atoms with E-state index in [-0.39, 0.29) is 23.4 Å². The summed E-state index contributed by atoms with van der Waals surface area (Å²) >= 11 is 0. The van der Waals surface area contributed by atoms with E-state index in [1.54, 1.807) is 21.5 Å². The highest BCUT2D eigenvalue weighted by Crippen LogP contribution is 2.23. The quantitative estimate of drug-likeness (QED) is 0.0389. The largest absolute Gasteiger partial charge is 0.381 e. The molecule has 404 valence electrons. The van der Waals surface area contributed by atoms with Gasteiger partial charge in [-0.3, -0.25) is 19.2 Å². The van der Waals surface area contributed by atoms with Gasteiger partial charge in [0.15, 0.2) is 0 Å². The maximum atomic E-state index is 13.0. The van der Waals surface area contributed by atoms with Crippen LogP contribution in [0.15, 0.2) is 97.6 Å². The number of nitrogens with one attached hydrogen (secondary N) is 2. The van der Waals surface area contributed by atoms with Crippen LogP contribution in [-0.2, 0) is 46.4 Å². The average Bonchev–Trinajstić information content (AvgIpc) is 4.26. The van der Waals surface area contributed by atoms with Crippen LogP contribution in [0.5, 0.6) is 0 Å². The van der Waals surface area contributed by atoms with Crippen LogP contribution in [-0.4, -0.2) is 138 Å². The monoisotopic (exact) mass is 1050 g/mol. The first kappa shape index (κ1) is 55.4. The van der Waals surface area contributed by atoms with Crippen LogP contribution in [0.1, 0.15) is 82.0 Å². The molecule has 0 aliphatic rings. The number of anilines is 2. The van der Waals surface area contributed by atoms with Crippen molar-refractivity contribution in [2.24, 2.45) is 0 Å². The molecule has 77 heavy (non-hydrogen) atoms. The van der Waals surface area contributed by atoms with E-state index in [9.17, 15) is 19.2 Å². The molecule has 0 atom stereocenters. The average molecular weight is 1050 g/mol. The lowest BCUT2D eigenvalue weighted by atomic mass is 10.1. The molecule has 0 radical (unpaired) electrons. The first-order chi connectivity index (χ1) is 37.5. The summed E-state index contributed by atoms with van der Waals surface area (Å²) in [4.78, 5) is 59.8. The number of amides is 2. The second kappa shape index (κ2) is 27.8. The number of hydrogen-bond donors (Lipinski definition) is 2. The lowest BCUT2D eigenvalue weighted by Crippen LogP contribution is -2.12. The molecule has 0 bridgehead atoms. The van der Waals surface area contributed by atoms with Gasteiger partial charge in [0, 0.05) is 96.6 Å². The van der Waals surface area contributed by atoms with Crippen LogP contribution >= 0.6 is 0 Å². The van der Waals surface area contributed by atoms with Gasteiger partial charge in [-0.05, 0) is 89.1 Å². The van der Waals surface area contributed by atoms with E-state index < -0.39 is 0 Å². The van der Waals surface area contributed by atoms with Crippen molar-refractivity contribution in [2.75, 3.05) is 76.7 Å². The first-order valence-corrected chi connectivity index (χ1v) is 25.9. The first-order valence-electron chi connectivity index (χ1n) is 25.9. The molecule has 0 aliphatic heterocycles. The molecule has 0 saturated heterocycles. The second-order valence-electron chi connectivity index (χ2n) is 18.6. The van der Waals surface area contributed by atoms with Gasteiger partial charge in [-0.25, -0.2) is 19.3 Å². The van der Waals surface area contributed by atoms with Crippen LogP contribution in [0, 0.1) is 27.7 Å². The number of ketones is 2. The van der Waals surface area contributed by atoms with Gasteiger partial charge in [0.25, 0.3) is 11.8 Å². The third-order valence-corrected chi connectivity index (χ3v) is 12.5. The molecule has 2 N–H and O–H groups in total. The Balaban J connectivity index is 0.571. The van der Waals surface area contributed by atoms with E-state index >= 15 is 0 Å². The van der Waals surface area contributed by atoms with Crippen molar-refractivity contribution in [3.8, 4) is 22.5 Å². The summed E-state index contributed by atoms with van der Waals surface area (Å²) in [7, 11) is 0. The number of aryl methyl sites for hydroxylation is 4. The number of fused-ring (bicyclic) bond motifs is 2. The van der Waals surface area contributed by atoms with Crippen molar-refractivity contribution in [2.45, 2.75) is 79.3 Å². The van der Waals surface area contributed by atoms with E-state index in [4.69, 9.17) is 23.7 Å². The Labute approximate surface area is 446 Å². The van der Waals surface area contributed by atoms with Crippen LogP contribution in [0.25, 0.3) is 33.8 Å². The van der Waals surface area contributed by atoms with Gasteiger partial charge in [-0.1, -0.05) is 34.7 Å². The highest BCUT2D eigenvalue weighted by atomic mass is 16.5. The molecule has 0 saturated carbocycles. The number of aromatic nitrogens is 10. The molecular formula is C56H66N12O9. The van der Waals surface area contributed by atoms with E-state index in [2.05, 4.69) is 41.2 Å². The molecule has 8 rings (SSSR count). The Hall–Kier alpha value is -7.82. The van der Waals surface area contributed by atoms with E-state index in [0.717, 1.165) is 33.9 Å². The number of rotatable bonds is 32. The minimum atomic E-state index is -0.229. The van der Waals surface area contributed by atoms with Gasteiger partial charge in [0.05, 0.1) is 89.5 Å². The van der Waals surface area contributed by atoms with Crippen molar-refractivity contribution >= 4 is 46.0 Å². The molecular weight excluding hydrogens is 985 g/mol. The Bertz CT molecular complexity index is 3020. The Morgan fingerprint density at radius 3 is 1.27 bits per heavy atom. The number of hydrogen-bond acceptors (Lipinski definition) is 15. The predicted octanol–water partition coefficient (Wildman–Crippen LogP) is 7.50. The molecule has 21 heteroatoms. The van der Waals surface area contributed by atoms with Gasteiger partial charge in [0.2, 0.25) is 0 Å². The fourth-order valence-corrected chi connectivity index (χ4v) is 8.49. The van der Waals surface area contributed by atoms with Crippen LogP contribution < -0.4 is 10.6 Å². The number of ether oxygens (including phenoxy) is 5. The van der Waals surface area contributed by atoms with Crippen molar-refractivity contribution < 1.29 is 42.9 Å². The molecule has 0 aliphatic carbocycles. The molecule has 6 heterocycles. The Kier molecular flexibility index (Phi) is 20.0. The molecule has 2 aromatic carbocycles. The molecule has 0 unspecified atom stereocenters. The van der Waals surface area contributed by atoms with Gasteiger partial charge in [-0.15, -0.1) is 10.2 Å². The van der Waals surface area contributed by atoms with Crippen LogP contribution in [0.3, 0.4) is 0 Å².